The summed E-state index contributed by atoms with van der Waals surface area (Å²) in [6.07, 6.45) is 0. The van der Waals surface area contributed by atoms with E-state index in [4.69, 9.17) is 11.0 Å². The van der Waals surface area contributed by atoms with Crippen molar-refractivity contribution in [2.24, 2.45) is 5.73 Å². The zero-order valence-corrected chi connectivity index (χ0v) is 11.7. The van der Waals surface area contributed by atoms with Gasteiger partial charge in [0.05, 0.1) is 11.6 Å². The van der Waals surface area contributed by atoms with E-state index in [1.165, 1.54) is 0 Å². The maximum atomic E-state index is 12.1. The number of carbonyl (C=O) groups excluding carboxylic acids is 2. The molecule has 0 saturated carbocycles. The van der Waals surface area contributed by atoms with Crippen molar-refractivity contribution < 1.29 is 9.59 Å². The summed E-state index contributed by atoms with van der Waals surface area (Å²) >= 11 is 0. The lowest BCUT2D eigenvalue weighted by atomic mass is 10.1. The summed E-state index contributed by atoms with van der Waals surface area (Å²) in [7, 11) is 0. The SMILES string of the molecule is N#Cc1cccc(NC(=O)c2ccc(CNC(N)=O)cc2)c1. The Morgan fingerprint density at radius 3 is 2.50 bits per heavy atom. The van der Waals surface area contributed by atoms with E-state index in [2.05, 4.69) is 10.6 Å². The van der Waals surface area contributed by atoms with Crippen LogP contribution in [0.15, 0.2) is 48.5 Å². The van der Waals surface area contributed by atoms with E-state index in [1.54, 1.807) is 48.5 Å². The van der Waals surface area contributed by atoms with Gasteiger partial charge < -0.3 is 16.4 Å². The third-order valence-electron chi connectivity index (χ3n) is 2.93. The third-order valence-corrected chi connectivity index (χ3v) is 2.93. The van der Waals surface area contributed by atoms with Gasteiger partial charge in [-0.05, 0) is 35.9 Å². The van der Waals surface area contributed by atoms with E-state index in [9.17, 15) is 9.59 Å². The third kappa shape index (κ3) is 4.08. The molecule has 0 radical (unpaired) electrons. The van der Waals surface area contributed by atoms with Crippen molar-refractivity contribution in [1.82, 2.24) is 5.32 Å². The van der Waals surface area contributed by atoms with Gasteiger partial charge in [-0.25, -0.2) is 4.79 Å². The van der Waals surface area contributed by atoms with Gasteiger partial charge in [0.15, 0.2) is 0 Å². The molecule has 2 aromatic carbocycles. The summed E-state index contributed by atoms with van der Waals surface area (Å²) in [4.78, 5) is 22.7. The highest BCUT2D eigenvalue weighted by Crippen LogP contribution is 2.12. The summed E-state index contributed by atoms with van der Waals surface area (Å²) in [5.41, 5.74) is 7.34. The molecule has 22 heavy (non-hydrogen) atoms. The van der Waals surface area contributed by atoms with Crippen LogP contribution in [0.3, 0.4) is 0 Å². The summed E-state index contributed by atoms with van der Waals surface area (Å²) in [6, 6.07) is 14.9. The van der Waals surface area contributed by atoms with Gasteiger partial charge in [-0.3, -0.25) is 4.79 Å². The molecule has 0 unspecified atom stereocenters. The van der Waals surface area contributed by atoms with Gasteiger partial charge >= 0.3 is 6.03 Å². The number of carbonyl (C=O) groups is 2. The zero-order chi connectivity index (χ0) is 15.9. The number of nitrogens with zero attached hydrogens (tertiary/aromatic N) is 1. The molecule has 0 aliphatic heterocycles. The van der Waals surface area contributed by atoms with Crippen LogP contribution in [0.25, 0.3) is 0 Å². The lowest BCUT2D eigenvalue weighted by molar-refractivity contribution is 0.102. The number of rotatable bonds is 4. The second kappa shape index (κ2) is 6.90. The summed E-state index contributed by atoms with van der Waals surface area (Å²) < 4.78 is 0. The Hall–Kier alpha value is -3.33. The summed E-state index contributed by atoms with van der Waals surface area (Å²) in [5.74, 6) is -0.274. The smallest absolute Gasteiger partial charge is 0.312 e. The first-order valence-electron chi connectivity index (χ1n) is 6.52. The molecule has 0 spiro atoms. The first-order chi connectivity index (χ1) is 10.6. The van der Waals surface area contributed by atoms with Crippen LogP contribution >= 0.6 is 0 Å². The molecule has 6 heteroatoms. The molecule has 0 saturated heterocycles. The minimum Gasteiger partial charge on any atom is -0.352 e. The van der Waals surface area contributed by atoms with Gasteiger partial charge in [0.1, 0.15) is 0 Å². The molecule has 3 amide bonds. The predicted molar refractivity (Wildman–Crippen MR) is 82.0 cm³/mol. The number of hydrogen-bond donors (Lipinski definition) is 3. The van der Waals surface area contributed by atoms with E-state index < -0.39 is 6.03 Å². The Morgan fingerprint density at radius 2 is 1.86 bits per heavy atom. The fourth-order valence-electron chi connectivity index (χ4n) is 1.83. The molecular weight excluding hydrogens is 280 g/mol. The monoisotopic (exact) mass is 294 g/mol. The van der Waals surface area contributed by atoms with Crippen LogP contribution in [0.2, 0.25) is 0 Å². The van der Waals surface area contributed by atoms with Crippen LogP contribution in [0.4, 0.5) is 10.5 Å². The van der Waals surface area contributed by atoms with Crippen LogP contribution in [0.5, 0.6) is 0 Å². The van der Waals surface area contributed by atoms with Crippen molar-refractivity contribution in [3.63, 3.8) is 0 Å². The van der Waals surface area contributed by atoms with Crippen LogP contribution in [-0.4, -0.2) is 11.9 Å². The van der Waals surface area contributed by atoms with Gasteiger partial charge in [-0.2, -0.15) is 5.26 Å². The summed E-state index contributed by atoms with van der Waals surface area (Å²) in [6.45, 7) is 0.307. The quantitative estimate of drug-likeness (QED) is 0.802. The average Bonchev–Trinajstić information content (AvgIpc) is 2.53. The minimum absolute atomic E-state index is 0.274. The Labute approximate surface area is 127 Å². The van der Waals surface area contributed by atoms with Crippen molar-refractivity contribution >= 4 is 17.6 Å². The molecule has 4 N–H and O–H groups in total. The van der Waals surface area contributed by atoms with Crippen LogP contribution in [-0.2, 0) is 6.54 Å². The number of nitriles is 1. The van der Waals surface area contributed by atoms with Crippen molar-refractivity contribution in [3.05, 3.63) is 65.2 Å². The van der Waals surface area contributed by atoms with Crippen LogP contribution in [0, 0.1) is 11.3 Å². The number of urea groups is 1. The first kappa shape index (κ1) is 15.1. The van der Waals surface area contributed by atoms with Crippen molar-refractivity contribution in [2.75, 3.05) is 5.32 Å². The molecule has 0 aliphatic rings. The fraction of sp³-hybridized carbons (Fsp3) is 0.0625. The number of nitrogens with two attached hydrogens (primary N) is 1. The Balaban J connectivity index is 2.03. The highest BCUT2D eigenvalue weighted by atomic mass is 16.2. The molecule has 0 atom stereocenters. The second-order valence-corrected chi connectivity index (χ2v) is 4.56. The van der Waals surface area contributed by atoms with E-state index in [0.717, 1.165) is 5.56 Å². The zero-order valence-electron chi connectivity index (χ0n) is 11.7. The second-order valence-electron chi connectivity index (χ2n) is 4.56. The lowest BCUT2D eigenvalue weighted by Crippen LogP contribution is -2.28. The van der Waals surface area contributed by atoms with Gasteiger partial charge in [0.2, 0.25) is 0 Å². The molecule has 0 fully saturated rings. The van der Waals surface area contributed by atoms with Gasteiger partial charge in [-0.1, -0.05) is 18.2 Å². The van der Waals surface area contributed by atoms with E-state index in [1.807, 2.05) is 6.07 Å². The largest absolute Gasteiger partial charge is 0.352 e. The number of amides is 3. The molecule has 0 heterocycles. The fourth-order valence-corrected chi connectivity index (χ4v) is 1.83. The lowest BCUT2D eigenvalue weighted by Gasteiger charge is -2.07. The van der Waals surface area contributed by atoms with Gasteiger partial charge in [0, 0.05) is 17.8 Å². The molecule has 2 rings (SSSR count). The number of primary amides is 1. The predicted octanol–water partition coefficient (Wildman–Crippen LogP) is 1.98. The van der Waals surface area contributed by atoms with Gasteiger partial charge in [0.25, 0.3) is 5.91 Å². The molecule has 6 nitrogen and oxygen atoms in total. The number of nitrogens with one attached hydrogen (secondary N) is 2. The van der Waals surface area contributed by atoms with Crippen molar-refractivity contribution in [3.8, 4) is 6.07 Å². The maximum Gasteiger partial charge on any atom is 0.312 e. The van der Waals surface area contributed by atoms with E-state index >= 15 is 0 Å². The highest BCUT2D eigenvalue weighted by molar-refractivity contribution is 6.04. The highest BCUT2D eigenvalue weighted by Gasteiger charge is 2.06. The number of hydrogen-bond acceptors (Lipinski definition) is 3. The normalized spacial score (nSPS) is 9.59. The minimum atomic E-state index is -0.598. The number of benzene rings is 2. The Kier molecular flexibility index (Phi) is 4.73. The van der Waals surface area contributed by atoms with Gasteiger partial charge in [-0.15, -0.1) is 0 Å². The standard InChI is InChI=1S/C16H14N4O2/c17-9-12-2-1-3-14(8-12)20-15(21)13-6-4-11(5-7-13)10-19-16(18)22/h1-8H,10H2,(H,20,21)(H3,18,19,22). The van der Waals surface area contributed by atoms with Crippen LogP contribution < -0.4 is 16.4 Å². The average molecular weight is 294 g/mol. The van der Waals surface area contributed by atoms with Crippen LogP contribution in [0.1, 0.15) is 21.5 Å². The number of anilines is 1. The molecular formula is C16H14N4O2. The van der Waals surface area contributed by atoms with E-state index in [0.29, 0.717) is 23.4 Å². The molecule has 2 aromatic rings. The Morgan fingerprint density at radius 1 is 1.14 bits per heavy atom. The van der Waals surface area contributed by atoms with E-state index in [-0.39, 0.29) is 5.91 Å². The van der Waals surface area contributed by atoms with Crippen molar-refractivity contribution in [2.45, 2.75) is 6.54 Å². The Bertz CT molecular complexity index is 733. The molecule has 0 aliphatic carbocycles. The first-order valence-corrected chi connectivity index (χ1v) is 6.52. The molecule has 0 bridgehead atoms. The molecule has 110 valence electrons. The molecule has 0 aromatic heterocycles. The maximum absolute atomic E-state index is 12.1. The topological polar surface area (TPSA) is 108 Å². The summed E-state index contributed by atoms with van der Waals surface area (Å²) in [5, 5.41) is 14.0. The van der Waals surface area contributed by atoms with Crippen molar-refractivity contribution in [1.29, 1.82) is 5.26 Å².